The molecule has 2 rings (SSSR count). The summed E-state index contributed by atoms with van der Waals surface area (Å²) in [6, 6.07) is 8.60. The topological polar surface area (TPSA) is 49.5 Å². The van der Waals surface area contributed by atoms with E-state index in [4.69, 9.17) is 5.73 Å². The summed E-state index contributed by atoms with van der Waals surface area (Å²) in [5.41, 5.74) is 7.69. The van der Waals surface area contributed by atoms with Crippen molar-refractivity contribution in [3.05, 3.63) is 35.4 Å². The minimum absolute atomic E-state index is 0.341. The van der Waals surface area contributed by atoms with Crippen LogP contribution in [0.1, 0.15) is 30.9 Å². The number of fused-ring (bicyclic) bond motifs is 1. The lowest BCUT2D eigenvalue weighted by Gasteiger charge is -2.22. The van der Waals surface area contributed by atoms with Gasteiger partial charge < -0.3 is 10.8 Å². The van der Waals surface area contributed by atoms with E-state index in [0.29, 0.717) is 6.54 Å². The average molecular weight is 234 g/mol. The molecule has 1 aromatic rings. The molecule has 1 aromatic carbocycles. The molecule has 1 aliphatic rings. The van der Waals surface area contributed by atoms with E-state index in [1.165, 1.54) is 11.1 Å². The standard InChI is InChI=1S/C14H22N2O/c1-14(17,11-15)7-4-8-16-9-12-5-2-3-6-13(12)10-16/h2-3,5-6,17H,4,7-11,15H2,1H3. The molecule has 0 fully saturated rings. The minimum atomic E-state index is -0.702. The molecule has 0 amide bonds. The molecule has 94 valence electrons. The fourth-order valence-electron chi connectivity index (χ4n) is 2.35. The first-order valence-corrected chi connectivity index (χ1v) is 6.32. The maximum atomic E-state index is 9.83. The molecule has 1 heterocycles. The van der Waals surface area contributed by atoms with E-state index >= 15 is 0 Å². The zero-order valence-corrected chi connectivity index (χ0v) is 10.5. The first kappa shape index (κ1) is 12.6. The molecular weight excluding hydrogens is 212 g/mol. The van der Waals surface area contributed by atoms with Crippen molar-refractivity contribution in [2.24, 2.45) is 5.73 Å². The lowest BCUT2D eigenvalue weighted by atomic mass is 10.0. The predicted octanol–water partition coefficient (Wildman–Crippen LogP) is 1.49. The van der Waals surface area contributed by atoms with Gasteiger partial charge in [0.05, 0.1) is 5.60 Å². The van der Waals surface area contributed by atoms with Crippen molar-refractivity contribution in [2.45, 2.75) is 38.5 Å². The van der Waals surface area contributed by atoms with Gasteiger partial charge in [-0.05, 0) is 37.4 Å². The Hall–Kier alpha value is -0.900. The summed E-state index contributed by atoms with van der Waals surface area (Å²) in [6.45, 7) is 5.27. The van der Waals surface area contributed by atoms with Gasteiger partial charge in [-0.3, -0.25) is 4.90 Å². The summed E-state index contributed by atoms with van der Waals surface area (Å²) in [5.74, 6) is 0. The van der Waals surface area contributed by atoms with Crippen molar-refractivity contribution in [3.8, 4) is 0 Å². The van der Waals surface area contributed by atoms with Gasteiger partial charge in [0.1, 0.15) is 0 Å². The van der Waals surface area contributed by atoms with Gasteiger partial charge in [0.2, 0.25) is 0 Å². The van der Waals surface area contributed by atoms with E-state index in [0.717, 1.165) is 32.5 Å². The van der Waals surface area contributed by atoms with Crippen molar-refractivity contribution < 1.29 is 5.11 Å². The number of aliphatic hydroxyl groups is 1. The molecule has 3 nitrogen and oxygen atoms in total. The monoisotopic (exact) mass is 234 g/mol. The summed E-state index contributed by atoms with van der Waals surface area (Å²) >= 11 is 0. The van der Waals surface area contributed by atoms with Crippen LogP contribution in [0, 0.1) is 0 Å². The molecule has 1 unspecified atom stereocenters. The van der Waals surface area contributed by atoms with Crippen molar-refractivity contribution in [1.29, 1.82) is 0 Å². The van der Waals surface area contributed by atoms with Gasteiger partial charge in [0.15, 0.2) is 0 Å². The normalized spacial score (nSPS) is 19.0. The van der Waals surface area contributed by atoms with E-state index in [9.17, 15) is 5.11 Å². The number of benzene rings is 1. The third-order valence-corrected chi connectivity index (χ3v) is 3.54. The van der Waals surface area contributed by atoms with Gasteiger partial charge in [0, 0.05) is 19.6 Å². The summed E-state index contributed by atoms with van der Waals surface area (Å²) < 4.78 is 0. The Bertz CT molecular complexity index is 351. The second kappa shape index (κ2) is 5.17. The highest BCUT2D eigenvalue weighted by Crippen LogP contribution is 2.22. The van der Waals surface area contributed by atoms with Crippen molar-refractivity contribution in [1.82, 2.24) is 4.90 Å². The Balaban J connectivity index is 1.77. The number of hydrogen-bond donors (Lipinski definition) is 2. The second-order valence-electron chi connectivity index (χ2n) is 5.28. The van der Waals surface area contributed by atoms with Crippen molar-refractivity contribution in [3.63, 3.8) is 0 Å². The molecule has 0 bridgehead atoms. The van der Waals surface area contributed by atoms with Crippen molar-refractivity contribution in [2.75, 3.05) is 13.1 Å². The summed E-state index contributed by atoms with van der Waals surface area (Å²) in [7, 11) is 0. The molecule has 0 aromatic heterocycles. The number of rotatable bonds is 5. The van der Waals surface area contributed by atoms with Gasteiger partial charge in [-0.15, -0.1) is 0 Å². The summed E-state index contributed by atoms with van der Waals surface area (Å²) in [4.78, 5) is 2.43. The van der Waals surface area contributed by atoms with Crippen LogP contribution in [0.4, 0.5) is 0 Å². The molecule has 1 aliphatic heterocycles. The number of nitrogens with zero attached hydrogens (tertiary/aromatic N) is 1. The van der Waals surface area contributed by atoms with E-state index in [1.54, 1.807) is 0 Å². The fourth-order valence-corrected chi connectivity index (χ4v) is 2.35. The van der Waals surface area contributed by atoms with Crippen LogP contribution in [0.5, 0.6) is 0 Å². The third-order valence-electron chi connectivity index (χ3n) is 3.54. The van der Waals surface area contributed by atoms with Crippen LogP contribution in [0.3, 0.4) is 0 Å². The molecular formula is C14H22N2O. The fraction of sp³-hybridized carbons (Fsp3) is 0.571. The van der Waals surface area contributed by atoms with Crippen LogP contribution in [0.15, 0.2) is 24.3 Å². The third kappa shape index (κ3) is 3.28. The zero-order valence-electron chi connectivity index (χ0n) is 10.5. The largest absolute Gasteiger partial charge is 0.389 e. The highest BCUT2D eigenvalue weighted by molar-refractivity contribution is 5.30. The van der Waals surface area contributed by atoms with Crippen LogP contribution >= 0.6 is 0 Å². The molecule has 17 heavy (non-hydrogen) atoms. The smallest absolute Gasteiger partial charge is 0.0741 e. The Morgan fingerprint density at radius 3 is 2.41 bits per heavy atom. The van der Waals surface area contributed by atoms with E-state index < -0.39 is 5.60 Å². The molecule has 3 heteroatoms. The molecule has 0 aliphatic carbocycles. The van der Waals surface area contributed by atoms with Gasteiger partial charge >= 0.3 is 0 Å². The highest BCUT2D eigenvalue weighted by atomic mass is 16.3. The maximum Gasteiger partial charge on any atom is 0.0741 e. The highest BCUT2D eigenvalue weighted by Gasteiger charge is 2.20. The number of nitrogens with two attached hydrogens (primary N) is 1. The van der Waals surface area contributed by atoms with Gasteiger partial charge in [-0.25, -0.2) is 0 Å². The molecule has 0 radical (unpaired) electrons. The van der Waals surface area contributed by atoms with Crippen LogP contribution < -0.4 is 5.73 Å². The van der Waals surface area contributed by atoms with Gasteiger partial charge in [-0.2, -0.15) is 0 Å². The van der Waals surface area contributed by atoms with Crippen LogP contribution in [-0.4, -0.2) is 28.7 Å². The molecule has 0 spiro atoms. The molecule has 1 atom stereocenters. The predicted molar refractivity (Wildman–Crippen MR) is 69.5 cm³/mol. The van der Waals surface area contributed by atoms with Crippen LogP contribution in [0.2, 0.25) is 0 Å². The Kier molecular flexibility index (Phi) is 3.82. The quantitative estimate of drug-likeness (QED) is 0.811. The van der Waals surface area contributed by atoms with Crippen LogP contribution in [-0.2, 0) is 13.1 Å². The maximum absolute atomic E-state index is 9.83. The summed E-state index contributed by atoms with van der Waals surface area (Å²) in [5, 5.41) is 9.83. The summed E-state index contributed by atoms with van der Waals surface area (Å²) in [6.07, 6.45) is 1.77. The van der Waals surface area contributed by atoms with E-state index in [2.05, 4.69) is 29.2 Å². The molecule has 0 saturated carbocycles. The lowest BCUT2D eigenvalue weighted by Crippen LogP contribution is -2.35. The lowest BCUT2D eigenvalue weighted by molar-refractivity contribution is 0.0543. The molecule has 3 N–H and O–H groups in total. The Labute approximate surface area is 103 Å². The average Bonchev–Trinajstić information content (AvgIpc) is 2.71. The van der Waals surface area contributed by atoms with E-state index in [-0.39, 0.29) is 0 Å². The zero-order chi connectivity index (χ0) is 12.3. The van der Waals surface area contributed by atoms with E-state index in [1.807, 2.05) is 6.92 Å². The number of hydrogen-bond acceptors (Lipinski definition) is 3. The Morgan fingerprint density at radius 1 is 1.29 bits per heavy atom. The minimum Gasteiger partial charge on any atom is -0.389 e. The van der Waals surface area contributed by atoms with Crippen molar-refractivity contribution >= 4 is 0 Å². The van der Waals surface area contributed by atoms with Gasteiger partial charge in [-0.1, -0.05) is 24.3 Å². The van der Waals surface area contributed by atoms with Gasteiger partial charge in [0.25, 0.3) is 0 Å². The molecule has 0 saturated heterocycles. The Morgan fingerprint density at radius 2 is 1.88 bits per heavy atom. The van der Waals surface area contributed by atoms with Crippen LogP contribution in [0.25, 0.3) is 0 Å². The SMILES string of the molecule is CC(O)(CN)CCCN1Cc2ccccc2C1. The first-order valence-electron chi connectivity index (χ1n) is 6.32. The first-order chi connectivity index (χ1) is 8.11. The second-order valence-corrected chi connectivity index (χ2v) is 5.28.